The molecule has 2 heteroatoms. The lowest BCUT2D eigenvalue weighted by atomic mass is 9.95. The number of allylic oxidation sites excluding steroid dienone is 1. The summed E-state index contributed by atoms with van der Waals surface area (Å²) in [6.07, 6.45) is 10.8. The summed E-state index contributed by atoms with van der Waals surface area (Å²) in [7, 11) is 0. The Morgan fingerprint density at radius 1 is 0.920 bits per heavy atom. The van der Waals surface area contributed by atoms with Gasteiger partial charge in [-0.25, -0.2) is 0 Å². The first-order chi connectivity index (χ1) is 12.3. The number of rotatable bonds is 5. The highest BCUT2D eigenvalue weighted by atomic mass is 14.7. The highest BCUT2D eigenvalue weighted by molar-refractivity contribution is 5.83. The summed E-state index contributed by atoms with van der Waals surface area (Å²) in [5.74, 6) is 0. The molecule has 4 rings (SSSR count). The first kappa shape index (κ1) is 15.8. The van der Waals surface area contributed by atoms with Crippen LogP contribution >= 0.6 is 0 Å². The Kier molecular flexibility index (Phi) is 4.43. The fraction of sp³-hybridized carbons (Fsp3) is 0.217. The summed E-state index contributed by atoms with van der Waals surface area (Å²) < 4.78 is 0. The van der Waals surface area contributed by atoms with E-state index in [0.29, 0.717) is 0 Å². The molecule has 2 heterocycles. The normalized spacial score (nSPS) is 12.8. The highest BCUT2D eigenvalue weighted by Gasteiger charge is 2.19. The first-order valence-electron chi connectivity index (χ1n) is 9.04. The lowest BCUT2D eigenvalue weighted by Gasteiger charge is -2.11. The predicted molar refractivity (Wildman–Crippen MR) is 104 cm³/mol. The molecule has 2 nitrogen and oxygen atoms in total. The molecule has 0 N–H and O–H groups in total. The van der Waals surface area contributed by atoms with Gasteiger partial charge >= 0.3 is 0 Å². The molecule has 3 aromatic rings. The summed E-state index contributed by atoms with van der Waals surface area (Å²) in [5.41, 5.74) is 8.70. The number of nitrogens with zero attached hydrogens (tertiary/aromatic N) is 2. The van der Waals surface area contributed by atoms with Crippen molar-refractivity contribution >= 4 is 6.08 Å². The van der Waals surface area contributed by atoms with E-state index in [1.54, 1.807) is 0 Å². The van der Waals surface area contributed by atoms with E-state index >= 15 is 0 Å². The van der Waals surface area contributed by atoms with Crippen molar-refractivity contribution in [1.29, 1.82) is 0 Å². The van der Waals surface area contributed by atoms with Crippen molar-refractivity contribution in [2.24, 2.45) is 0 Å². The molecular formula is C23H22N2. The van der Waals surface area contributed by atoms with E-state index in [-0.39, 0.29) is 0 Å². The number of hydrogen-bond acceptors (Lipinski definition) is 2. The Morgan fingerprint density at radius 3 is 2.36 bits per heavy atom. The van der Waals surface area contributed by atoms with Gasteiger partial charge in [0.1, 0.15) is 0 Å². The molecule has 0 aliphatic heterocycles. The Balaban J connectivity index is 1.83. The van der Waals surface area contributed by atoms with Crippen molar-refractivity contribution in [3.8, 4) is 22.5 Å². The summed E-state index contributed by atoms with van der Waals surface area (Å²) >= 11 is 0. The molecule has 0 saturated heterocycles. The van der Waals surface area contributed by atoms with Gasteiger partial charge in [0, 0.05) is 23.5 Å². The number of pyridine rings is 2. The van der Waals surface area contributed by atoms with Crippen LogP contribution in [-0.4, -0.2) is 9.97 Å². The van der Waals surface area contributed by atoms with Gasteiger partial charge in [-0.05, 0) is 66.8 Å². The quantitative estimate of drug-likeness (QED) is 0.580. The van der Waals surface area contributed by atoms with Crippen LogP contribution in [0, 0.1) is 0 Å². The molecule has 124 valence electrons. The maximum atomic E-state index is 4.60. The van der Waals surface area contributed by atoms with E-state index in [4.69, 9.17) is 0 Å². The molecule has 1 aliphatic rings. The molecule has 0 unspecified atom stereocenters. The summed E-state index contributed by atoms with van der Waals surface area (Å²) in [6, 6.07) is 16.7. The summed E-state index contributed by atoms with van der Waals surface area (Å²) in [4.78, 5) is 9.14. The Labute approximate surface area is 149 Å². The van der Waals surface area contributed by atoms with Crippen molar-refractivity contribution in [3.63, 3.8) is 0 Å². The maximum absolute atomic E-state index is 4.60. The lowest BCUT2D eigenvalue weighted by molar-refractivity contribution is 0.779. The highest BCUT2D eigenvalue weighted by Crippen LogP contribution is 2.38. The van der Waals surface area contributed by atoms with Gasteiger partial charge in [-0.15, -0.1) is 0 Å². The zero-order chi connectivity index (χ0) is 17.1. The van der Waals surface area contributed by atoms with Gasteiger partial charge in [0.2, 0.25) is 0 Å². The maximum Gasteiger partial charge on any atom is 0.0708 e. The third-order valence-electron chi connectivity index (χ3n) is 4.78. The third-order valence-corrected chi connectivity index (χ3v) is 4.78. The first-order valence-corrected chi connectivity index (χ1v) is 9.04. The van der Waals surface area contributed by atoms with Crippen molar-refractivity contribution < 1.29 is 0 Å². The van der Waals surface area contributed by atoms with Crippen LogP contribution in [0.1, 0.15) is 37.3 Å². The molecule has 0 saturated carbocycles. The van der Waals surface area contributed by atoms with Gasteiger partial charge < -0.3 is 0 Å². The summed E-state index contributed by atoms with van der Waals surface area (Å²) in [5, 5.41) is 0. The number of aromatic nitrogens is 2. The fourth-order valence-corrected chi connectivity index (χ4v) is 3.51. The molecule has 0 spiro atoms. The smallest absolute Gasteiger partial charge is 0.0708 e. The zero-order valence-corrected chi connectivity index (χ0v) is 14.6. The molecule has 0 bridgehead atoms. The van der Waals surface area contributed by atoms with Crippen molar-refractivity contribution in [2.45, 2.75) is 32.6 Å². The van der Waals surface area contributed by atoms with Crippen LogP contribution in [0.25, 0.3) is 28.6 Å². The predicted octanol–water partition coefficient (Wildman–Crippen LogP) is 5.94. The minimum absolute atomic E-state index is 1.02. The van der Waals surface area contributed by atoms with Gasteiger partial charge in [-0.3, -0.25) is 9.97 Å². The topological polar surface area (TPSA) is 25.8 Å². The molecular weight excluding hydrogens is 304 g/mol. The standard InChI is InChI=1S/C23H22N2/c1-2-3-8-17-13-18-15-19(22-9-4-6-11-24-22)16-21(20(18)14-17)23-10-5-7-12-25-23/h4-7,9-12,14-16H,2-3,8,13H2,1H3. The fourth-order valence-electron chi connectivity index (χ4n) is 3.51. The van der Waals surface area contributed by atoms with Gasteiger partial charge in [0.25, 0.3) is 0 Å². The second-order valence-electron chi connectivity index (χ2n) is 6.61. The minimum atomic E-state index is 1.02. The van der Waals surface area contributed by atoms with E-state index in [0.717, 1.165) is 17.8 Å². The number of unbranched alkanes of at least 4 members (excludes halogenated alkanes) is 1. The van der Waals surface area contributed by atoms with Crippen LogP contribution in [0.4, 0.5) is 0 Å². The molecule has 1 aliphatic carbocycles. The molecule has 2 aromatic heterocycles. The average Bonchev–Trinajstić information content (AvgIpc) is 3.10. The summed E-state index contributed by atoms with van der Waals surface area (Å²) in [6.45, 7) is 2.25. The zero-order valence-electron chi connectivity index (χ0n) is 14.6. The SMILES string of the molecule is CCCCC1=Cc2c(cc(-c3ccccn3)cc2-c2ccccn2)C1. The minimum Gasteiger partial charge on any atom is -0.256 e. The van der Waals surface area contributed by atoms with E-state index in [2.05, 4.69) is 53.3 Å². The van der Waals surface area contributed by atoms with Crippen LogP contribution in [-0.2, 0) is 6.42 Å². The van der Waals surface area contributed by atoms with E-state index in [1.165, 1.54) is 47.1 Å². The van der Waals surface area contributed by atoms with Crippen molar-refractivity contribution in [1.82, 2.24) is 9.97 Å². The van der Waals surface area contributed by atoms with Crippen LogP contribution in [0.2, 0.25) is 0 Å². The Hall–Kier alpha value is -2.74. The van der Waals surface area contributed by atoms with Gasteiger partial charge in [-0.2, -0.15) is 0 Å². The monoisotopic (exact) mass is 326 g/mol. The van der Waals surface area contributed by atoms with Crippen molar-refractivity contribution in [2.75, 3.05) is 0 Å². The molecule has 0 fully saturated rings. The molecule has 0 atom stereocenters. The number of fused-ring (bicyclic) bond motifs is 1. The van der Waals surface area contributed by atoms with Crippen LogP contribution < -0.4 is 0 Å². The van der Waals surface area contributed by atoms with E-state index in [1.807, 2.05) is 30.6 Å². The average molecular weight is 326 g/mol. The van der Waals surface area contributed by atoms with Gasteiger partial charge in [0.15, 0.2) is 0 Å². The Morgan fingerprint density at radius 2 is 1.68 bits per heavy atom. The van der Waals surface area contributed by atoms with Gasteiger partial charge in [0.05, 0.1) is 11.4 Å². The molecule has 25 heavy (non-hydrogen) atoms. The van der Waals surface area contributed by atoms with Crippen LogP contribution in [0.3, 0.4) is 0 Å². The van der Waals surface area contributed by atoms with Crippen LogP contribution in [0.15, 0.2) is 66.5 Å². The van der Waals surface area contributed by atoms with Crippen molar-refractivity contribution in [3.05, 3.63) is 77.6 Å². The van der Waals surface area contributed by atoms with E-state index < -0.39 is 0 Å². The molecule has 0 radical (unpaired) electrons. The van der Waals surface area contributed by atoms with Gasteiger partial charge in [-0.1, -0.05) is 37.1 Å². The van der Waals surface area contributed by atoms with Crippen LogP contribution in [0.5, 0.6) is 0 Å². The second-order valence-corrected chi connectivity index (χ2v) is 6.61. The lowest BCUT2D eigenvalue weighted by Crippen LogP contribution is -1.93. The third kappa shape index (κ3) is 3.25. The largest absolute Gasteiger partial charge is 0.256 e. The second kappa shape index (κ2) is 7.02. The van der Waals surface area contributed by atoms with E-state index in [9.17, 15) is 0 Å². The number of benzene rings is 1. The Bertz CT molecular complexity index is 896. The molecule has 0 amide bonds. The number of hydrogen-bond donors (Lipinski definition) is 0. The molecule has 1 aromatic carbocycles.